The summed E-state index contributed by atoms with van der Waals surface area (Å²) >= 11 is 0. The zero-order valence-corrected chi connectivity index (χ0v) is 11.0. The molecule has 2 aromatic carbocycles. The van der Waals surface area contributed by atoms with Gasteiger partial charge in [0, 0.05) is 29.0 Å². The topological polar surface area (TPSA) is 34.0 Å². The van der Waals surface area contributed by atoms with E-state index >= 15 is 0 Å². The fraction of sp³-hybridized carbons (Fsp3) is 0.133. The molecule has 108 valence electrons. The number of anilines is 1. The minimum atomic E-state index is -4.89. The molecular formula is C15H11F3N2O. The summed E-state index contributed by atoms with van der Waals surface area (Å²) in [6.07, 6.45) is -4.89. The molecule has 0 unspecified atom stereocenters. The van der Waals surface area contributed by atoms with E-state index in [2.05, 4.69) is 0 Å². The number of benzene rings is 2. The Balaban J connectivity index is 2.11. The highest BCUT2D eigenvalue weighted by Crippen LogP contribution is 2.30. The first-order valence-electron chi connectivity index (χ1n) is 6.23. The molecular weight excluding hydrogens is 281 g/mol. The lowest BCUT2D eigenvalue weighted by molar-refractivity contribution is -0.167. The summed E-state index contributed by atoms with van der Waals surface area (Å²) < 4.78 is 38.7. The largest absolute Gasteiger partial charge is 0.471 e. The third-order valence-corrected chi connectivity index (χ3v) is 3.43. The lowest BCUT2D eigenvalue weighted by atomic mass is 10.1. The molecule has 1 amide bonds. The van der Waals surface area contributed by atoms with Crippen LogP contribution in [0, 0.1) is 0 Å². The number of hydrogen-bond acceptors (Lipinski definition) is 1. The van der Waals surface area contributed by atoms with Gasteiger partial charge in [0.05, 0.1) is 5.52 Å². The van der Waals surface area contributed by atoms with Crippen LogP contribution in [0.1, 0.15) is 0 Å². The number of nitrogens with zero attached hydrogens (tertiary/aromatic N) is 1. The Morgan fingerprint density at radius 1 is 1.05 bits per heavy atom. The molecule has 0 bridgehead atoms. The number of amides is 1. The van der Waals surface area contributed by atoms with Crippen LogP contribution >= 0.6 is 0 Å². The molecule has 0 atom stereocenters. The summed E-state index contributed by atoms with van der Waals surface area (Å²) in [6.45, 7) is 0. The first kappa shape index (κ1) is 13.5. The average molecular weight is 292 g/mol. The molecule has 1 aromatic heterocycles. The van der Waals surface area contributed by atoms with Crippen LogP contribution < -0.4 is 5.32 Å². The van der Waals surface area contributed by atoms with Crippen molar-refractivity contribution < 1.29 is 18.0 Å². The Kier molecular flexibility index (Phi) is 2.90. The van der Waals surface area contributed by atoms with Gasteiger partial charge in [0.25, 0.3) is 0 Å². The third-order valence-electron chi connectivity index (χ3n) is 3.43. The molecule has 3 aromatic rings. The van der Waals surface area contributed by atoms with Gasteiger partial charge in [-0.15, -0.1) is 0 Å². The molecule has 0 fully saturated rings. The van der Waals surface area contributed by atoms with E-state index in [9.17, 15) is 18.0 Å². The summed E-state index contributed by atoms with van der Waals surface area (Å²) in [4.78, 5) is 11.0. The van der Waals surface area contributed by atoms with Crippen LogP contribution in [0.5, 0.6) is 0 Å². The molecule has 0 aliphatic rings. The van der Waals surface area contributed by atoms with Crippen LogP contribution in [0.25, 0.3) is 21.8 Å². The van der Waals surface area contributed by atoms with E-state index in [1.165, 1.54) is 6.07 Å². The van der Waals surface area contributed by atoms with Gasteiger partial charge in [0.2, 0.25) is 0 Å². The normalized spacial score (nSPS) is 12.0. The summed E-state index contributed by atoms with van der Waals surface area (Å²) in [5.41, 5.74) is 1.86. The van der Waals surface area contributed by atoms with Gasteiger partial charge in [-0.25, -0.2) is 0 Å². The predicted molar refractivity (Wildman–Crippen MR) is 75.1 cm³/mol. The highest BCUT2D eigenvalue weighted by molar-refractivity contribution is 6.09. The van der Waals surface area contributed by atoms with Gasteiger partial charge in [-0.05, 0) is 18.2 Å². The molecule has 0 aliphatic heterocycles. The van der Waals surface area contributed by atoms with Crippen molar-refractivity contribution in [1.82, 2.24) is 4.57 Å². The van der Waals surface area contributed by atoms with Crippen LogP contribution in [0.3, 0.4) is 0 Å². The quantitative estimate of drug-likeness (QED) is 0.726. The molecule has 0 aliphatic carbocycles. The van der Waals surface area contributed by atoms with Gasteiger partial charge in [-0.2, -0.15) is 13.2 Å². The first-order valence-corrected chi connectivity index (χ1v) is 6.23. The summed E-state index contributed by atoms with van der Waals surface area (Å²) in [6, 6.07) is 12.4. The van der Waals surface area contributed by atoms with Gasteiger partial charge in [0.1, 0.15) is 0 Å². The molecule has 0 radical (unpaired) electrons. The van der Waals surface area contributed by atoms with Crippen molar-refractivity contribution in [2.75, 3.05) is 5.32 Å². The van der Waals surface area contributed by atoms with E-state index in [-0.39, 0.29) is 5.69 Å². The zero-order chi connectivity index (χ0) is 15.2. The molecule has 3 nitrogen and oxygen atoms in total. The number of aromatic nitrogens is 1. The minimum Gasteiger partial charge on any atom is -0.344 e. The summed E-state index contributed by atoms with van der Waals surface area (Å²) in [7, 11) is 1.83. The van der Waals surface area contributed by atoms with Gasteiger partial charge in [0.15, 0.2) is 0 Å². The number of rotatable bonds is 1. The molecule has 1 N–H and O–H groups in total. The molecule has 0 spiro atoms. The van der Waals surface area contributed by atoms with Gasteiger partial charge in [-0.1, -0.05) is 24.3 Å². The van der Waals surface area contributed by atoms with E-state index < -0.39 is 12.1 Å². The number of aryl methyl sites for hydroxylation is 1. The van der Waals surface area contributed by atoms with Crippen LogP contribution in [-0.2, 0) is 11.8 Å². The second-order valence-electron chi connectivity index (χ2n) is 4.76. The fourth-order valence-corrected chi connectivity index (χ4v) is 2.44. The van der Waals surface area contributed by atoms with Crippen molar-refractivity contribution in [1.29, 1.82) is 0 Å². The number of carbonyl (C=O) groups is 1. The Labute approximate surface area is 118 Å². The SMILES string of the molecule is Cn1c2ccccc2c2ccc(NC(=O)C(F)(F)F)cc21. The maximum absolute atomic E-state index is 12.3. The number of fused-ring (bicyclic) bond motifs is 3. The molecule has 6 heteroatoms. The number of carbonyl (C=O) groups excluding carboxylic acids is 1. The van der Waals surface area contributed by atoms with Gasteiger partial charge in [-0.3, -0.25) is 4.79 Å². The maximum atomic E-state index is 12.3. The van der Waals surface area contributed by atoms with Crippen LogP contribution in [0.2, 0.25) is 0 Å². The monoisotopic (exact) mass is 292 g/mol. The van der Waals surface area contributed by atoms with Crippen molar-refractivity contribution in [2.24, 2.45) is 7.05 Å². The highest BCUT2D eigenvalue weighted by atomic mass is 19.4. The van der Waals surface area contributed by atoms with Gasteiger partial charge < -0.3 is 9.88 Å². The Morgan fingerprint density at radius 2 is 1.71 bits per heavy atom. The number of nitrogens with one attached hydrogen (secondary N) is 1. The number of alkyl halides is 3. The van der Waals surface area contributed by atoms with E-state index in [1.54, 1.807) is 12.1 Å². The van der Waals surface area contributed by atoms with Gasteiger partial charge >= 0.3 is 12.1 Å². The Morgan fingerprint density at radius 3 is 2.43 bits per heavy atom. The van der Waals surface area contributed by atoms with E-state index in [0.29, 0.717) is 0 Å². The molecule has 0 saturated heterocycles. The maximum Gasteiger partial charge on any atom is 0.471 e. The van der Waals surface area contributed by atoms with Crippen molar-refractivity contribution in [2.45, 2.75) is 6.18 Å². The van der Waals surface area contributed by atoms with E-state index in [4.69, 9.17) is 0 Å². The van der Waals surface area contributed by atoms with Crippen molar-refractivity contribution in [3.05, 3.63) is 42.5 Å². The second kappa shape index (κ2) is 4.51. The number of halogens is 3. The molecule has 1 heterocycles. The second-order valence-corrected chi connectivity index (χ2v) is 4.76. The number of hydrogen-bond donors (Lipinski definition) is 1. The Hall–Kier alpha value is -2.50. The molecule has 21 heavy (non-hydrogen) atoms. The van der Waals surface area contributed by atoms with Crippen molar-refractivity contribution in [3.8, 4) is 0 Å². The smallest absolute Gasteiger partial charge is 0.344 e. The summed E-state index contributed by atoms with van der Waals surface area (Å²) in [5.74, 6) is -1.97. The fourth-order valence-electron chi connectivity index (χ4n) is 2.44. The first-order chi connectivity index (χ1) is 9.88. The van der Waals surface area contributed by atoms with E-state index in [0.717, 1.165) is 21.8 Å². The minimum absolute atomic E-state index is 0.121. The standard InChI is InChI=1S/C15H11F3N2O/c1-20-12-5-3-2-4-10(12)11-7-6-9(8-13(11)20)19-14(21)15(16,17)18/h2-8H,1H3,(H,19,21). The van der Waals surface area contributed by atoms with Crippen LogP contribution in [0.15, 0.2) is 42.5 Å². The lowest BCUT2D eigenvalue weighted by Crippen LogP contribution is -2.29. The van der Waals surface area contributed by atoms with Crippen LogP contribution in [-0.4, -0.2) is 16.7 Å². The predicted octanol–water partition coefficient (Wildman–Crippen LogP) is 3.83. The summed E-state index contributed by atoms with van der Waals surface area (Å²) in [5, 5.41) is 3.81. The molecule has 3 rings (SSSR count). The lowest BCUT2D eigenvalue weighted by Gasteiger charge is -2.08. The van der Waals surface area contributed by atoms with Crippen LogP contribution in [0.4, 0.5) is 18.9 Å². The molecule has 0 saturated carbocycles. The third kappa shape index (κ3) is 2.22. The zero-order valence-electron chi connectivity index (χ0n) is 11.0. The number of para-hydroxylation sites is 1. The Bertz CT molecular complexity index is 849. The van der Waals surface area contributed by atoms with Crippen molar-refractivity contribution in [3.63, 3.8) is 0 Å². The van der Waals surface area contributed by atoms with Crippen molar-refractivity contribution >= 4 is 33.4 Å². The highest BCUT2D eigenvalue weighted by Gasteiger charge is 2.38. The average Bonchev–Trinajstić information content (AvgIpc) is 2.72. The van der Waals surface area contributed by atoms with E-state index in [1.807, 2.05) is 41.2 Å².